The lowest BCUT2D eigenvalue weighted by atomic mass is 10.4. The van der Waals surface area contributed by atoms with Crippen molar-refractivity contribution in [2.45, 2.75) is 17.2 Å². The molecule has 3 rings (SSSR count). The average Bonchev–Trinajstić information content (AvgIpc) is 2.92. The second-order valence-electron chi connectivity index (χ2n) is 3.71. The summed E-state index contributed by atoms with van der Waals surface area (Å²) in [4.78, 5) is 19.7. The highest BCUT2D eigenvalue weighted by atomic mass is 32.2. The van der Waals surface area contributed by atoms with Gasteiger partial charge in [-0.2, -0.15) is 0 Å². The van der Waals surface area contributed by atoms with E-state index in [1.165, 1.54) is 11.8 Å². The van der Waals surface area contributed by atoms with E-state index in [0.29, 0.717) is 15.9 Å². The van der Waals surface area contributed by atoms with Crippen LogP contribution in [0.4, 0.5) is 0 Å². The van der Waals surface area contributed by atoms with E-state index < -0.39 is 0 Å². The van der Waals surface area contributed by atoms with Crippen molar-refractivity contribution in [2.75, 3.05) is 0 Å². The second-order valence-corrected chi connectivity index (χ2v) is 4.65. The first-order valence-corrected chi connectivity index (χ1v) is 6.12. The number of pyridine rings is 1. The number of aryl methyl sites for hydroxylation is 1. The average molecular weight is 259 g/mol. The molecule has 0 aliphatic rings. The Kier molecular flexibility index (Phi) is 2.64. The number of aldehydes is 1. The van der Waals surface area contributed by atoms with Crippen molar-refractivity contribution in [1.82, 2.24) is 14.4 Å². The largest absolute Gasteiger partial charge is 0.439 e. The van der Waals surface area contributed by atoms with Gasteiger partial charge in [-0.15, -0.1) is 0 Å². The topological polar surface area (TPSA) is 60.4 Å². The maximum atomic E-state index is 11.2. The summed E-state index contributed by atoms with van der Waals surface area (Å²) in [6.07, 6.45) is 4.16. The van der Waals surface area contributed by atoms with E-state index in [0.717, 1.165) is 17.6 Å². The molecule has 6 heteroatoms. The minimum absolute atomic E-state index is 0.485. The van der Waals surface area contributed by atoms with Gasteiger partial charge < -0.3 is 4.42 Å². The second kappa shape index (κ2) is 4.30. The Morgan fingerprint density at radius 1 is 1.39 bits per heavy atom. The zero-order chi connectivity index (χ0) is 12.5. The van der Waals surface area contributed by atoms with Crippen LogP contribution in [0.25, 0.3) is 5.65 Å². The van der Waals surface area contributed by atoms with Crippen LogP contribution < -0.4 is 0 Å². The predicted octanol–water partition coefficient (Wildman–Crippen LogP) is 2.59. The van der Waals surface area contributed by atoms with Crippen LogP contribution in [0.3, 0.4) is 0 Å². The van der Waals surface area contributed by atoms with Crippen molar-refractivity contribution in [3.63, 3.8) is 0 Å². The van der Waals surface area contributed by atoms with Gasteiger partial charge in [0.15, 0.2) is 6.29 Å². The zero-order valence-corrected chi connectivity index (χ0v) is 10.3. The van der Waals surface area contributed by atoms with Crippen molar-refractivity contribution in [1.29, 1.82) is 0 Å². The highest BCUT2D eigenvalue weighted by Crippen LogP contribution is 2.29. The van der Waals surface area contributed by atoms with Crippen LogP contribution in [-0.4, -0.2) is 20.7 Å². The van der Waals surface area contributed by atoms with E-state index in [-0.39, 0.29) is 0 Å². The van der Waals surface area contributed by atoms with Crippen LogP contribution in [0.5, 0.6) is 0 Å². The quantitative estimate of drug-likeness (QED) is 0.676. The van der Waals surface area contributed by atoms with Crippen LogP contribution in [0, 0.1) is 6.92 Å². The highest BCUT2D eigenvalue weighted by molar-refractivity contribution is 7.99. The standard InChI is InChI=1S/C12H9N3O2S/c1-8-7-17-12(13-8)18-11-9(6-16)15-5-3-2-4-10(15)14-11/h2-7H,1H3. The van der Waals surface area contributed by atoms with E-state index in [2.05, 4.69) is 9.97 Å². The van der Waals surface area contributed by atoms with Crippen LogP contribution in [0.1, 0.15) is 16.2 Å². The molecular formula is C12H9N3O2S. The molecule has 0 N–H and O–H groups in total. The molecule has 0 saturated heterocycles. The van der Waals surface area contributed by atoms with Crippen LogP contribution in [-0.2, 0) is 0 Å². The zero-order valence-electron chi connectivity index (χ0n) is 9.53. The summed E-state index contributed by atoms with van der Waals surface area (Å²) in [6, 6.07) is 5.57. The summed E-state index contributed by atoms with van der Waals surface area (Å²) in [6.45, 7) is 1.85. The Bertz CT molecular complexity index is 717. The molecule has 18 heavy (non-hydrogen) atoms. The first-order chi connectivity index (χ1) is 8.78. The van der Waals surface area contributed by atoms with Crippen LogP contribution >= 0.6 is 11.8 Å². The van der Waals surface area contributed by atoms with Crippen molar-refractivity contribution < 1.29 is 9.21 Å². The van der Waals surface area contributed by atoms with Crippen molar-refractivity contribution in [3.8, 4) is 0 Å². The number of aromatic nitrogens is 3. The molecule has 0 spiro atoms. The van der Waals surface area contributed by atoms with E-state index in [4.69, 9.17) is 4.42 Å². The SMILES string of the molecule is Cc1coc(Sc2nc3ccccn3c2C=O)n1. The number of oxazole rings is 1. The minimum atomic E-state index is 0.485. The minimum Gasteiger partial charge on any atom is -0.439 e. The number of carbonyl (C=O) groups excluding carboxylic acids is 1. The predicted molar refractivity (Wildman–Crippen MR) is 65.9 cm³/mol. The number of hydrogen-bond acceptors (Lipinski definition) is 5. The molecular weight excluding hydrogens is 250 g/mol. The smallest absolute Gasteiger partial charge is 0.262 e. The molecule has 0 aromatic carbocycles. The monoisotopic (exact) mass is 259 g/mol. The molecule has 3 aromatic rings. The Hall–Kier alpha value is -2.08. The lowest BCUT2D eigenvalue weighted by Gasteiger charge is -1.94. The van der Waals surface area contributed by atoms with Crippen LogP contribution in [0.2, 0.25) is 0 Å². The molecule has 5 nitrogen and oxygen atoms in total. The van der Waals surface area contributed by atoms with Crippen molar-refractivity contribution in [2.24, 2.45) is 0 Å². The normalized spacial score (nSPS) is 10.9. The number of rotatable bonds is 3. The number of fused-ring (bicyclic) bond motifs is 1. The molecule has 0 unspecified atom stereocenters. The van der Waals surface area contributed by atoms with Gasteiger partial charge in [-0.3, -0.25) is 9.20 Å². The number of hydrogen-bond donors (Lipinski definition) is 0. The van der Waals surface area contributed by atoms with Gasteiger partial charge in [0.05, 0.1) is 5.69 Å². The summed E-state index contributed by atoms with van der Waals surface area (Å²) in [5.74, 6) is 0. The molecule has 0 radical (unpaired) electrons. The van der Waals surface area contributed by atoms with E-state index >= 15 is 0 Å². The third-order valence-electron chi connectivity index (χ3n) is 2.43. The Balaban J connectivity index is 2.08. The number of imidazole rings is 1. The molecule has 3 heterocycles. The molecule has 3 aromatic heterocycles. The highest BCUT2D eigenvalue weighted by Gasteiger charge is 2.14. The van der Waals surface area contributed by atoms with Gasteiger partial charge in [0.2, 0.25) is 0 Å². The summed E-state index contributed by atoms with van der Waals surface area (Å²) >= 11 is 1.24. The molecule has 0 saturated carbocycles. The van der Waals surface area contributed by atoms with E-state index in [9.17, 15) is 4.79 Å². The van der Waals surface area contributed by atoms with Crippen molar-refractivity contribution in [3.05, 3.63) is 42.0 Å². The summed E-state index contributed by atoms with van der Waals surface area (Å²) in [5, 5.41) is 1.08. The van der Waals surface area contributed by atoms with Gasteiger partial charge in [0.1, 0.15) is 22.6 Å². The third kappa shape index (κ3) is 1.80. The van der Waals surface area contributed by atoms with E-state index in [1.807, 2.05) is 25.1 Å². The van der Waals surface area contributed by atoms with Gasteiger partial charge in [-0.05, 0) is 30.8 Å². The first kappa shape index (κ1) is 11.0. The Morgan fingerprint density at radius 2 is 2.28 bits per heavy atom. The summed E-state index contributed by atoms with van der Waals surface area (Å²) in [5.41, 5.74) is 2.03. The molecule has 0 aliphatic carbocycles. The van der Waals surface area contributed by atoms with Gasteiger partial charge in [0, 0.05) is 6.20 Å². The fourth-order valence-electron chi connectivity index (χ4n) is 1.64. The van der Waals surface area contributed by atoms with Crippen LogP contribution in [0.15, 0.2) is 45.3 Å². The third-order valence-corrected chi connectivity index (χ3v) is 3.28. The molecule has 90 valence electrons. The molecule has 0 atom stereocenters. The molecule has 0 bridgehead atoms. The van der Waals surface area contributed by atoms with Crippen molar-refractivity contribution >= 4 is 23.7 Å². The Labute approximate surface area is 107 Å². The Morgan fingerprint density at radius 3 is 3.00 bits per heavy atom. The van der Waals surface area contributed by atoms with E-state index in [1.54, 1.807) is 16.9 Å². The molecule has 0 aliphatic heterocycles. The lowest BCUT2D eigenvalue weighted by Crippen LogP contribution is -1.90. The molecule has 0 amide bonds. The fraction of sp³-hybridized carbons (Fsp3) is 0.0833. The van der Waals surface area contributed by atoms with Gasteiger partial charge in [-0.25, -0.2) is 9.97 Å². The number of nitrogens with zero attached hydrogens (tertiary/aromatic N) is 3. The fourth-order valence-corrected chi connectivity index (χ4v) is 2.48. The maximum absolute atomic E-state index is 11.2. The first-order valence-electron chi connectivity index (χ1n) is 5.30. The van der Waals surface area contributed by atoms with Gasteiger partial charge in [0.25, 0.3) is 5.22 Å². The lowest BCUT2D eigenvalue weighted by molar-refractivity contribution is 0.111. The van der Waals surface area contributed by atoms with Gasteiger partial charge in [-0.1, -0.05) is 6.07 Å². The number of carbonyl (C=O) groups is 1. The molecule has 0 fully saturated rings. The summed E-state index contributed by atoms with van der Waals surface area (Å²) < 4.78 is 6.99. The van der Waals surface area contributed by atoms with Gasteiger partial charge >= 0.3 is 0 Å². The summed E-state index contributed by atoms with van der Waals surface area (Å²) in [7, 11) is 0. The maximum Gasteiger partial charge on any atom is 0.262 e.